The molecule has 78 valence electrons. The lowest BCUT2D eigenvalue weighted by molar-refractivity contribution is 0.754. The molecule has 0 amide bonds. The van der Waals surface area contributed by atoms with E-state index in [0.717, 1.165) is 15.5 Å². The lowest BCUT2D eigenvalue weighted by Crippen LogP contribution is -2.00. The third kappa shape index (κ3) is 1.42. The van der Waals surface area contributed by atoms with Gasteiger partial charge in [0, 0.05) is 9.86 Å². The molecule has 0 N–H and O–H groups in total. The van der Waals surface area contributed by atoms with Crippen molar-refractivity contribution >= 4 is 26.7 Å². The Balaban J connectivity index is 2.42. The number of rotatable bonds is 1. The Morgan fingerprint density at radius 3 is 2.50 bits per heavy atom. The van der Waals surface area contributed by atoms with Gasteiger partial charge in [0.2, 0.25) is 0 Å². The lowest BCUT2D eigenvalue weighted by Gasteiger charge is -2.07. The first kappa shape index (κ1) is 9.54. The normalized spacial score (nSPS) is 10.8. The van der Waals surface area contributed by atoms with Crippen LogP contribution in [0.4, 0.5) is 0 Å². The first-order chi connectivity index (χ1) is 7.86. The molecule has 3 nitrogen and oxygen atoms in total. The standard InChI is InChI=1S/C12H8BrN3/c13-11-6-5-9-3-1-2-4-10(9)12(11)16-14-7-8-15-16/h1-8H. The average molecular weight is 274 g/mol. The summed E-state index contributed by atoms with van der Waals surface area (Å²) in [4.78, 5) is 1.63. The van der Waals surface area contributed by atoms with Gasteiger partial charge in [-0.05, 0) is 27.4 Å². The van der Waals surface area contributed by atoms with Gasteiger partial charge in [-0.15, -0.1) is 4.80 Å². The fourth-order valence-corrected chi connectivity index (χ4v) is 2.27. The highest BCUT2D eigenvalue weighted by molar-refractivity contribution is 9.10. The highest BCUT2D eigenvalue weighted by Gasteiger charge is 2.08. The number of aromatic nitrogens is 3. The van der Waals surface area contributed by atoms with Gasteiger partial charge in [-0.3, -0.25) is 0 Å². The number of halogens is 1. The highest BCUT2D eigenvalue weighted by Crippen LogP contribution is 2.28. The van der Waals surface area contributed by atoms with Crippen LogP contribution in [-0.2, 0) is 0 Å². The van der Waals surface area contributed by atoms with E-state index in [1.54, 1.807) is 17.2 Å². The first-order valence-corrected chi connectivity index (χ1v) is 5.69. The molecule has 3 aromatic rings. The molecule has 0 saturated carbocycles. The van der Waals surface area contributed by atoms with Gasteiger partial charge < -0.3 is 0 Å². The summed E-state index contributed by atoms with van der Waals surface area (Å²) in [6, 6.07) is 12.3. The van der Waals surface area contributed by atoms with Crippen molar-refractivity contribution in [2.24, 2.45) is 0 Å². The van der Waals surface area contributed by atoms with E-state index < -0.39 is 0 Å². The van der Waals surface area contributed by atoms with Crippen molar-refractivity contribution in [1.29, 1.82) is 0 Å². The van der Waals surface area contributed by atoms with Gasteiger partial charge in [-0.1, -0.05) is 30.3 Å². The molecular weight excluding hydrogens is 266 g/mol. The summed E-state index contributed by atoms with van der Waals surface area (Å²) < 4.78 is 0.988. The summed E-state index contributed by atoms with van der Waals surface area (Å²) in [5, 5.41) is 10.7. The van der Waals surface area contributed by atoms with E-state index in [2.05, 4.69) is 44.3 Å². The number of hydrogen-bond acceptors (Lipinski definition) is 2. The van der Waals surface area contributed by atoms with Crippen LogP contribution in [0.15, 0.2) is 53.3 Å². The Labute approximate surface area is 101 Å². The Hall–Kier alpha value is -1.68. The minimum absolute atomic E-state index is 0.975. The van der Waals surface area contributed by atoms with Crippen LogP contribution < -0.4 is 0 Å². The van der Waals surface area contributed by atoms with E-state index in [1.165, 1.54) is 5.39 Å². The topological polar surface area (TPSA) is 30.7 Å². The number of nitrogens with zero attached hydrogens (tertiary/aromatic N) is 3. The van der Waals surface area contributed by atoms with Crippen LogP contribution in [0.2, 0.25) is 0 Å². The second-order valence-corrected chi connectivity index (χ2v) is 4.29. The quantitative estimate of drug-likeness (QED) is 0.682. The first-order valence-electron chi connectivity index (χ1n) is 4.90. The molecule has 4 heteroatoms. The van der Waals surface area contributed by atoms with Crippen molar-refractivity contribution in [3.63, 3.8) is 0 Å². The molecule has 0 fully saturated rings. The van der Waals surface area contributed by atoms with Gasteiger partial charge in [0.15, 0.2) is 0 Å². The fourth-order valence-electron chi connectivity index (χ4n) is 1.76. The monoisotopic (exact) mass is 273 g/mol. The summed E-state index contributed by atoms with van der Waals surface area (Å²) in [5.74, 6) is 0. The van der Waals surface area contributed by atoms with Crippen LogP contribution in [0.25, 0.3) is 16.5 Å². The molecular formula is C12H8BrN3. The highest BCUT2D eigenvalue weighted by atomic mass is 79.9. The van der Waals surface area contributed by atoms with Crippen molar-refractivity contribution in [2.45, 2.75) is 0 Å². The number of hydrogen-bond donors (Lipinski definition) is 0. The van der Waals surface area contributed by atoms with Gasteiger partial charge in [0.25, 0.3) is 0 Å². The van der Waals surface area contributed by atoms with E-state index in [-0.39, 0.29) is 0 Å². The van der Waals surface area contributed by atoms with Crippen molar-refractivity contribution in [3.05, 3.63) is 53.3 Å². The number of fused-ring (bicyclic) bond motifs is 1. The minimum Gasteiger partial charge on any atom is -0.157 e. The Morgan fingerprint density at radius 2 is 1.69 bits per heavy atom. The SMILES string of the molecule is Brc1ccc2ccccc2c1-n1nccn1. The average Bonchev–Trinajstić information content (AvgIpc) is 2.82. The predicted octanol–water partition coefficient (Wildman–Crippen LogP) is 3.18. The Kier molecular flexibility index (Phi) is 2.22. The Morgan fingerprint density at radius 1 is 0.938 bits per heavy atom. The van der Waals surface area contributed by atoms with Crippen molar-refractivity contribution < 1.29 is 0 Å². The predicted molar refractivity (Wildman–Crippen MR) is 66.6 cm³/mol. The zero-order chi connectivity index (χ0) is 11.0. The molecule has 0 aliphatic rings. The summed E-state index contributed by atoms with van der Waals surface area (Å²) in [7, 11) is 0. The molecule has 0 bridgehead atoms. The summed E-state index contributed by atoms with van der Waals surface area (Å²) in [6.45, 7) is 0. The van der Waals surface area contributed by atoms with E-state index >= 15 is 0 Å². The van der Waals surface area contributed by atoms with Crippen LogP contribution in [0, 0.1) is 0 Å². The van der Waals surface area contributed by atoms with Crippen LogP contribution in [0.3, 0.4) is 0 Å². The summed E-state index contributed by atoms with van der Waals surface area (Å²) in [6.07, 6.45) is 3.35. The third-order valence-electron chi connectivity index (χ3n) is 2.47. The molecule has 0 atom stereocenters. The third-order valence-corrected chi connectivity index (χ3v) is 3.11. The maximum absolute atomic E-state index is 4.17. The van der Waals surface area contributed by atoms with E-state index in [0.29, 0.717) is 0 Å². The molecule has 2 aromatic carbocycles. The smallest absolute Gasteiger partial charge is 0.108 e. The van der Waals surface area contributed by atoms with Crippen LogP contribution in [0.5, 0.6) is 0 Å². The van der Waals surface area contributed by atoms with Gasteiger partial charge in [0.05, 0.1) is 12.4 Å². The molecule has 1 heterocycles. The number of benzene rings is 2. The van der Waals surface area contributed by atoms with Crippen LogP contribution >= 0.6 is 15.9 Å². The minimum atomic E-state index is 0.975. The molecule has 1 aromatic heterocycles. The molecule has 0 aliphatic carbocycles. The van der Waals surface area contributed by atoms with Crippen molar-refractivity contribution in [1.82, 2.24) is 15.0 Å². The Bertz CT molecular complexity index is 632. The molecule has 16 heavy (non-hydrogen) atoms. The molecule has 3 rings (SSSR count). The van der Waals surface area contributed by atoms with Gasteiger partial charge in [-0.2, -0.15) is 10.2 Å². The zero-order valence-corrected chi connectivity index (χ0v) is 9.92. The maximum atomic E-state index is 4.17. The summed E-state index contributed by atoms with van der Waals surface area (Å²) >= 11 is 3.54. The maximum Gasteiger partial charge on any atom is 0.108 e. The summed E-state index contributed by atoms with van der Waals surface area (Å²) in [5.41, 5.74) is 0.975. The largest absolute Gasteiger partial charge is 0.157 e. The molecule has 0 saturated heterocycles. The van der Waals surface area contributed by atoms with E-state index in [4.69, 9.17) is 0 Å². The molecule has 0 unspecified atom stereocenters. The second kappa shape index (κ2) is 3.72. The molecule has 0 aliphatic heterocycles. The van der Waals surface area contributed by atoms with E-state index in [1.807, 2.05) is 18.2 Å². The second-order valence-electron chi connectivity index (χ2n) is 3.44. The molecule has 0 spiro atoms. The van der Waals surface area contributed by atoms with Crippen molar-refractivity contribution in [2.75, 3.05) is 0 Å². The zero-order valence-electron chi connectivity index (χ0n) is 8.34. The van der Waals surface area contributed by atoms with E-state index in [9.17, 15) is 0 Å². The van der Waals surface area contributed by atoms with Gasteiger partial charge in [0.1, 0.15) is 5.69 Å². The van der Waals surface area contributed by atoms with Gasteiger partial charge >= 0.3 is 0 Å². The van der Waals surface area contributed by atoms with Crippen LogP contribution in [0.1, 0.15) is 0 Å². The van der Waals surface area contributed by atoms with Crippen LogP contribution in [-0.4, -0.2) is 15.0 Å². The van der Waals surface area contributed by atoms with Gasteiger partial charge in [-0.25, -0.2) is 0 Å². The molecule has 0 radical (unpaired) electrons. The van der Waals surface area contributed by atoms with Crippen molar-refractivity contribution in [3.8, 4) is 5.69 Å². The lowest BCUT2D eigenvalue weighted by atomic mass is 10.1. The fraction of sp³-hybridized carbons (Fsp3) is 0.